The van der Waals surface area contributed by atoms with E-state index < -0.39 is 6.10 Å². The first-order valence-corrected chi connectivity index (χ1v) is 8.03. The highest BCUT2D eigenvalue weighted by Crippen LogP contribution is 2.26. The van der Waals surface area contributed by atoms with Gasteiger partial charge < -0.3 is 15.3 Å². The number of rotatable bonds is 4. The Kier molecular flexibility index (Phi) is 4.17. The molecule has 3 rings (SSSR count). The summed E-state index contributed by atoms with van der Waals surface area (Å²) in [5, 5.41) is 13.0. The smallest absolute Gasteiger partial charge is 0.249 e. The summed E-state index contributed by atoms with van der Waals surface area (Å²) in [6.45, 7) is 2.42. The molecule has 2 amide bonds. The molecular formula is C15H25N3O3. The quantitative estimate of drug-likeness (QED) is 0.738. The van der Waals surface area contributed by atoms with Crippen LogP contribution in [-0.4, -0.2) is 71.6 Å². The first kappa shape index (κ1) is 14.8. The Morgan fingerprint density at radius 2 is 1.86 bits per heavy atom. The van der Waals surface area contributed by atoms with E-state index in [1.165, 1.54) is 0 Å². The monoisotopic (exact) mass is 295 g/mol. The van der Waals surface area contributed by atoms with Crippen molar-refractivity contribution in [1.29, 1.82) is 0 Å². The maximum Gasteiger partial charge on any atom is 0.249 e. The second-order valence-corrected chi connectivity index (χ2v) is 6.67. The molecule has 3 fully saturated rings. The molecule has 0 aromatic rings. The van der Waals surface area contributed by atoms with Gasteiger partial charge in [-0.3, -0.25) is 14.5 Å². The molecule has 0 radical (unpaired) electrons. The molecular weight excluding hydrogens is 270 g/mol. The Balaban J connectivity index is 1.48. The standard InChI is InChI=1S/C15H25N3O3/c1-17-7-6-12(15(17)21)18-8-4-10(5-9-18)13(19)14(20)16-11-2-3-11/h10-13,19H,2-9H2,1H3,(H,16,20). The molecule has 3 aliphatic rings. The number of likely N-dealkylation sites (N-methyl/N-ethyl adjacent to an activating group) is 1. The molecule has 2 atom stereocenters. The van der Waals surface area contributed by atoms with Gasteiger partial charge in [0, 0.05) is 19.6 Å². The SMILES string of the molecule is CN1CCC(N2CCC(C(O)C(=O)NC3CC3)CC2)C1=O. The van der Waals surface area contributed by atoms with Crippen molar-refractivity contribution in [2.45, 2.75) is 50.3 Å². The Hall–Kier alpha value is -1.14. The zero-order chi connectivity index (χ0) is 15.0. The number of piperidine rings is 1. The Labute approximate surface area is 125 Å². The maximum atomic E-state index is 12.0. The predicted octanol–water partition coefficient (Wildman–Crippen LogP) is -0.431. The Morgan fingerprint density at radius 3 is 2.38 bits per heavy atom. The van der Waals surface area contributed by atoms with Crippen LogP contribution in [0.2, 0.25) is 0 Å². The van der Waals surface area contributed by atoms with Crippen LogP contribution in [0.5, 0.6) is 0 Å². The molecule has 1 saturated carbocycles. The number of nitrogens with one attached hydrogen (secondary N) is 1. The largest absolute Gasteiger partial charge is 0.383 e. The first-order valence-electron chi connectivity index (χ1n) is 8.03. The third-order valence-corrected chi connectivity index (χ3v) is 5.05. The van der Waals surface area contributed by atoms with Crippen LogP contribution in [0.4, 0.5) is 0 Å². The van der Waals surface area contributed by atoms with E-state index >= 15 is 0 Å². The molecule has 2 unspecified atom stereocenters. The number of nitrogens with zero attached hydrogens (tertiary/aromatic N) is 2. The number of carbonyl (C=O) groups is 2. The highest BCUT2D eigenvalue weighted by molar-refractivity contribution is 5.83. The summed E-state index contributed by atoms with van der Waals surface area (Å²) < 4.78 is 0. The lowest BCUT2D eigenvalue weighted by Gasteiger charge is -2.36. The molecule has 2 aliphatic heterocycles. The normalized spacial score (nSPS) is 29.7. The molecule has 2 saturated heterocycles. The van der Waals surface area contributed by atoms with Gasteiger partial charge in [0.1, 0.15) is 6.10 Å². The summed E-state index contributed by atoms with van der Waals surface area (Å²) in [4.78, 5) is 27.9. The zero-order valence-corrected chi connectivity index (χ0v) is 12.6. The van der Waals surface area contributed by atoms with Gasteiger partial charge >= 0.3 is 0 Å². The van der Waals surface area contributed by atoms with E-state index in [-0.39, 0.29) is 23.8 Å². The Morgan fingerprint density at radius 1 is 1.19 bits per heavy atom. The predicted molar refractivity (Wildman–Crippen MR) is 77.5 cm³/mol. The van der Waals surface area contributed by atoms with Gasteiger partial charge in [0.25, 0.3) is 0 Å². The first-order chi connectivity index (χ1) is 10.1. The van der Waals surface area contributed by atoms with Gasteiger partial charge in [-0.25, -0.2) is 0 Å². The molecule has 0 bridgehead atoms. The van der Waals surface area contributed by atoms with Gasteiger partial charge in [-0.1, -0.05) is 0 Å². The van der Waals surface area contributed by atoms with Crippen molar-refractivity contribution >= 4 is 11.8 Å². The van der Waals surface area contributed by atoms with Crippen molar-refractivity contribution in [2.24, 2.45) is 5.92 Å². The van der Waals surface area contributed by atoms with Crippen LogP contribution in [0.25, 0.3) is 0 Å². The fraction of sp³-hybridized carbons (Fsp3) is 0.867. The van der Waals surface area contributed by atoms with E-state index in [1.54, 1.807) is 4.90 Å². The highest BCUT2D eigenvalue weighted by Gasteiger charge is 2.38. The van der Waals surface area contributed by atoms with Crippen molar-refractivity contribution in [3.8, 4) is 0 Å². The molecule has 0 aromatic heterocycles. The van der Waals surface area contributed by atoms with Gasteiger partial charge in [-0.2, -0.15) is 0 Å². The Bertz CT molecular complexity index is 416. The lowest BCUT2D eigenvalue weighted by atomic mass is 9.90. The summed E-state index contributed by atoms with van der Waals surface area (Å²) in [6, 6.07) is 0.298. The van der Waals surface area contributed by atoms with Crippen molar-refractivity contribution in [3.05, 3.63) is 0 Å². The van der Waals surface area contributed by atoms with Crippen molar-refractivity contribution in [3.63, 3.8) is 0 Å². The molecule has 2 N–H and O–H groups in total. The summed E-state index contributed by atoms with van der Waals surface area (Å²) in [7, 11) is 1.85. The van der Waals surface area contributed by atoms with Gasteiger partial charge in [-0.15, -0.1) is 0 Å². The average Bonchev–Trinajstić information content (AvgIpc) is 3.24. The van der Waals surface area contributed by atoms with Crippen LogP contribution in [0.1, 0.15) is 32.1 Å². The van der Waals surface area contributed by atoms with Gasteiger partial charge in [0.2, 0.25) is 11.8 Å². The minimum absolute atomic E-state index is 0.00776. The summed E-state index contributed by atoms with van der Waals surface area (Å²) >= 11 is 0. The second kappa shape index (κ2) is 5.93. The van der Waals surface area contributed by atoms with Crippen LogP contribution in [0, 0.1) is 5.92 Å². The van der Waals surface area contributed by atoms with E-state index in [0.717, 1.165) is 51.7 Å². The fourth-order valence-corrected chi connectivity index (χ4v) is 3.42. The summed E-state index contributed by atoms with van der Waals surface area (Å²) in [5.41, 5.74) is 0. The zero-order valence-electron chi connectivity index (χ0n) is 12.6. The third-order valence-electron chi connectivity index (χ3n) is 5.05. The third kappa shape index (κ3) is 3.21. The van der Waals surface area contributed by atoms with Crippen LogP contribution >= 0.6 is 0 Å². The molecule has 2 heterocycles. The fourth-order valence-electron chi connectivity index (χ4n) is 3.42. The molecule has 0 spiro atoms. The van der Waals surface area contributed by atoms with Gasteiger partial charge in [0.15, 0.2) is 0 Å². The molecule has 0 aromatic carbocycles. The molecule has 6 heteroatoms. The topological polar surface area (TPSA) is 72.9 Å². The van der Waals surface area contributed by atoms with Crippen molar-refractivity contribution in [1.82, 2.24) is 15.1 Å². The average molecular weight is 295 g/mol. The number of hydrogen-bond acceptors (Lipinski definition) is 4. The highest BCUT2D eigenvalue weighted by atomic mass is 16.3. The van der Waals surface area contributed by atoms with Gasteiger partial charge in [0.05, 0.1) is 6.04 Å². The molecule has 21 heavy (non-hydrogen) atoms. The summed E-state index contributed by atoms with van der Waals surface area (Å²) in [5.74, 6) is 0.0161. The van der Waals surface area contributed by atoms with Crippen LogP contribution in [0.3, 0.4) is 0 Å². The number of amides is 2. The number of likely N-dealkylation sites (tertiary alicyclic amines) is 2. The minimum Gasteiger partial charge on any atom is -0.383 e. The molecule has 118 valence electrons. The van der Waals surface area contributed by atoms with E-state index in [4.69, 9.17) is 0 Å². The molecule has 6 nitrogen and oxygen atoms in total. The number of carbonyl (C=O) groups excluding carboxylic acids is 2. The molecule has 1 aliphatic carbocycles. The van der Waals surface area contributed by atoms with Gasteiger partial charge in [-0.05, 0) is 51.1 Å². The van der Waals surface area contributed by atoms with E-state index in [0.29, 0.717) is 6.04 Å². The van der Waals surface area contributed by atoms with Crippen LogP contribution in [-0.2, 0) is 9.59 Å². The lowest BCUT2D eigenvalue weighted by Crippen LogP contribution is -2.49. The van der Waals surface area contributed by atoms with E-state index in [2.05, 4.69) is 10.2 Å². The minimum atomic E-state index is -0.894. The number of aliphatic hydroxyl groups excluding tert-OH is 1. The van der Waals surface area contributed by atoms with Crippen molar-refractivity contribution in [2.75, 3.05) is 26.7 Å². The van der Waals surface area contributed by atoms with Crippen LogP contribution < -0.4 is 5.32 Å². The van der Waals surface area contributed by atoms with E-state index in [1.807, 2.05) is 7.05 Å². The second-order valence-electron chi connectivity index (χ2n) is 6.67. The lowest BCUT2D eigenvalue weighted by molar-refractivity contribution is -0.135. The number of aliphatic hydroxyl groups is 1. The maximum absolute atomic E-state index is 12.0. The van der Waals surface area contributed by atoms with Crippen molar-refractivity contribution < 1.29 is 14.7 Å². The van der Waals surface area contributed by atoms with E-state index in [9.17, 15) is 14.7 Å². The number of hydrogen-bond donors (Lipinski definition) is 2. The van der Waals surface area contributed by atoms with Crippen LogP contribution in [0.15, 0.2) is 0 Å². The summed E-state index contributed by atoms with van der Waals surface area (Å²) in [6.07, 6.45) is 3.64.